The quantitative estimate of drug-likeness (QED) is 0.324. The van der Waals surface area contributed by atoms with Crippen molar-refractivity contribution in [3.05, 3.63) is 62.5 Å². The Morgan fingerprint density at radius 3 is 2.50 bits per heavy atom. The summed E-state index contributed by atoms with van der Waals surface area (Å²) in [6, 6.07) is 13.8. The highest BCUT2D eigenvalue weighted by Crippen LogP contribution is 2.31. The maximum absolute atomic E-state index is 5.43. The minimum atomic E-state index is 0.327. The summed E-state index contributed by atoms with van der Waals surface area (Å²) in [7, 11) is 5.35. The average Bonchev–Trinajstić information content (AvgIpc) is 2.72. The number of anilines is 3. The van der Waals surface area contributed by atoms with Crippen LogP contribution in [0.25, 0.3) is 0 Å². The number of halogens is 2. The summed E-state index contributed by atoms with van der Waals surface area (Å²) in [4.78, 5) is 15.0. The lowest BCUT2D eigenvalue weighted by molar-refractivity contribution is 0.411. The number of hydrazone groups is 1. The zero-order chi connectivity index (χ0) is 21.5. The average molecular weight is 535 g/mol. The molecule has 0 saturated carbocycles. The van der Waals surface area contributed by atoms with Crippen LogP contribution in [0.4, 0.5) is 17.8 Å². The van der Waals surface area contributed by atoms with E-state index in [2.05, 4.69) is 62.7 Å². The van der Waals surface area contributed by atoms with Crippen molar-refractivity contribution >= 4 is 55.9 Å². The molecule has 0 unspecified atom stereocenters. The van der Waals surface area contributed by atoms with Crippen LogP contribution in [0.2, 0.25) is 0 Å². The second-order valence-corrected chi connectivity index (χ2v) is 8.17. The highest BCUT2D eigenvalue weighted by Gasteiger charge is 2.09. The highest BCUT2D eigenvalue weighted by atomic mass is 79.9. The zero-order valence-corrected chi connectivity index (χ0v) is 19.9. The molecule has 3 rings (SSSR count). The van der Waals surface area contributed by atoms with Crippen LogP contribution in [0.1, 0.15) is 11.1 Å². The van der Waals surface area contributed by atoms with Crippen LogP contribution < -0.4 is 20.4 Å². The maximum Gasteiger partial charge on any atom is 0.250 e. The van der Waals surface area contributed by atoms with Crippen molar-refractivity contribution in [3.8, 4) is 5.75 Å². The molecule has 1 heterocycles. The van der Waals surface area contributed by atoms with Crippen molar-refractivity contribution in [2.24, 2.45) is 5.10 Å². The second-order valence-electron chi connectivity index (χ2n) is 6.40. The van der Waals surface area contributed by atoms with E-state index >= 15 is 0 Å². The van der Waals surface area contributed by atoms with E-state index in [0.29, 0.717) is 30.1 Å². The normalized spacial score (nSPS) is 10.8. The van der Waals surface area contributed by atoms with Crippen LogP contribution >= 0.6 is 31.9 Å². The monoisotopic (exact) mass is 533 g/mol. The van der Waals surface area contributed by atoms with Gasteiger partial charge in [0, 0.05) is 30.7 Å². The minimum absolute atomic E-state index is 0.327. The van der Waals surface area contributed by atoms with Gasteiger partial charge in [0.15, 0.2) is 0 Å². The first kappa shape index (κ1) is 22.0. The Bertz CT molecular complexity index is 1030. The number of nitrogens with one attached hydrogen (secondary N) is 2. The molecule has 3 aromatic rings. The molecule has 10 heteroatoms. The molecule has 1 aromatic heterocycles. The van der Waals surface area contributed by atoms with Gasteiger partial charge in [0.2, 0.25) is 17.8 Å². The van der Waals surface area contributed by atoms with E-state index in [1.807, 2.05) is 56.6 Å². The van der Waals surface area contributed by atoms with Crippen LogP contribution in [-0.4, -0.2) is 42.4 Å². The van der Waals surface area contributed by atoms with Gasteiger partial charge < -0.3 is 15.0 Å². The topological polar surface area (TPSA) is 87.6 Å². The Hall–Kier alpha value is -2.72. The number of benzene rings is 2. The van der Waals surface area contributed by atoms with Gasteiger partial charge >= 0.3 is 0 Å². The van der Waals surface area contributed by atoms with Crippen molar-refractivity contribution in [3.63, 3.8) is 0 Å². The lowest BCUT2D eigenvalue weighted by Crippen LogP contribution is -2.16. The molecule has 0 bridgehead atoms. The molecule has 2 aromatic carbocycles. The van der Waals surface area contributed by atoms with Gasteiger partial charge in [0.1, 0.15) is 5.75 Å². The van der Waals surface area contributed by atoms with E-state index in [1.165, 1.54) is 0 Å². The van der Waals surface area contributed by atoms with Gasteiger partial charge in [-0.25, -0.2) is 5.43 Å². The van der Waals surface area contributed by atoms with Crippen molar-refractivity contribution in [1.29, 1.82) is 0 Å². The third-order valence-electron chi connectivity index (χ3n) is 3.93. The summed E-state index contributed by atoms with van der Waals surface area (Å²) in [5.74, 6) is 1.98. The number of hydrogen-bond donors (Lipinski definition) is 2. The van der Waals surface area contributed by atoms with Crippen molar-refractivity contribution in [1.82, 2.24) is 15.0 Å². The largest absolute Gasteiger partial charge is 0.495 e. The molecule has 0 atom stereocenters. The second kappa shape index (κ2) is 10.4. The smallest absolute Gasteiger partial charge is 0.250 e. The predicted octanol–water partition coefficient (Wildman–Crippen LogP) is 4.53. The van der Waals surface area contributed by atoms with Crippen LogP contribution in [-0.2, 0) is 6.54 Å². The van der Waals surface area contributed by atoms with Gasteiger partial charge in [-0.05, 0) is 33.6 Å². The first-order chi connectivity index (χ1) is 14.5. The molecular weight excluding hydrogens is 514 g/mol. The highest BCUT2D eigenvalue weighted by molar-refractivity contribution is 9.11. The van der Waals surface area contributed by atoms with E-state index < -0.39 is 0 Å². The summed E-state index contributed by atoms with van der Waals surface area (Å²) in [5, 5.41) is 7.49. The molecule has 156 valence electrons. The zero-order valence-electron chi connectivity index (χ0n) is 16.7. The number of aromatic nitrogens is 3. The molecule has 30 heavy (non-hydrogen) atoms. The van der Waals surface area contributed by atoms with E-state index in [-0.39, 0.29) is 0 Å². The Morgan fingerprint density at radius 1 is 1.07 bits per heavy atom. The van der Waals surface area contributed by atoms with Crippen LogP contribution in [0.5, 0.6) is 5.75 Å². The molecule has 0 saturated heterocycles. The third kappa shape index (κ3) is 5.90. The Kier molecular flexibility index (Phi) is 7.58. The van der Waals surface area contributed by atoms with Crippen LogP contribution in [0, 0.1) is 0 Å². The fourth-order valence-electron chi connectivity index (χ4n) is 2.52. The van der Waals surface area contributed by atoms with Gasteiger partial charge in [-0.3, -0.25) is 0 Å². The summed E-state index contributed by atoms with van der Waals surface area (Å²) < 4.78 is 7.16. The molecule has 0 aliphatic heterocycles. The molecule has 0 spiro atoms. The van der Waals surface area contributed by atoms with Crippen molar-refractivity contribution in [2.75, 3.05) is 36.8 Å². The van der Waals surface area contributed by atoms with Crippen LogP contribution in [0.15, 0.2) is 56.5 Å². The maximum atomic E-state index is 5.43. The third-order valence-corrected chi connectivity index (χ3v) is 4.97. The number of nitrogens with zero attached hydrogens (tertiary/aromatic N) is 5. The number of methoxy groups -OCH3 is 1. The molecular formula is C20H21Br2N7O. The Labute approximate surface area is 192 Å². The Balaban J connectivity index is 1.78. The van der Waals surface area contributed by atoms with Gasteiger partial charge in [-0.2, -0.15) is 20.1 Å². The number of hydrogen-bond acceptors (Lipinski definition) is 8. The van der Waals surface area contributed by atoms with Gasteiger partial charge in [0.25, 0.3) is 0 Å². The molecule has 0 radical (unpaired) electrons. The lowest BCUT2D eigenvalue weighted by Gasteiger charge is -2.13. The fourth-order valence-corrected chi connectivity index (χ4v) is 3.94. The van der Waals surface area contributed by atoms with E-state index in [0.717, 1.165) is 20.1 Å². The van der Waals surface area contributed by atoms with Crippen LogP contribution in [0.3, 0.4) is 0 Å². The van der Waals surface area contributed by atoms with Gasteiger partial charge in [0.05, 0.1) is 17.8 Å². The molecule has 0 aliphatic rings. The fraction of sp³-hybridized carbons (Fsp3) is 0.200. The standard InChI is InChI=1S/C20H21Br2N7O/c1-29(2)20-26-18(23-11-13-7-5-4-6-8-13)25-19(27-20)28-24-12-14-9-15(21)10-16(22)17(14)30-3/h4-10,12H,11H2,1-3H3,(H2,23,25,26,27,28)/b24-12+. The first-order valence-electron chi connectivity index (χ1n) is 8.99. The van der Waals surface area contributed by atoms with Gasteiger partial charge in [-0.1, -0.05) is 46.3 Å². The first-order valence-corrected chi connectivity index (χ1v) is 10.6. The molecule has 2 N–H and O–H groups in total. The molecule has 0 fully saturated rings. The molecule has 0 aliphatic carbocycles. The van der Waals surface area contributed by atoms with E-state index in [4.69, 9.17) is 4.74 Å². The molecule has 8 nitrogen and oxygen atoms in total. The summed E-state index contributed by atoms with van der Waals surface area (Å²) >= 11 is 6.95. The van der Waals surface area contributed by atoms with Crippen molar-refractivity contribution < 1.29 is 4.74 Å². The number of rotatable bonds is 8. The number of ether oxygens (including phenoxy) is 1. The predicted molar refractivity (Wildman–Crippen MR) is 128 cm³/mol. The van der Waals surface area contributed by atoms with Crippen molar-refractivity contribution in [2.45, 2.75) is 6.54 Å². The summed E-state index contributed by atoms with van der Waals surface area (Å²) in [5.41, 5.74) is 4.79. The summed E-state index contributed by atoms with van der Waals surface area (Å²) in [6.45, 7) is 0.601. The Morgan fingerprint density at radius 2 is 1.80 bits per heavy atom. The van der Waals surface area contributed by atoms with E-state index in [9.17, 15) is 0 Å². The molecule has 0 amide bonds. The van der Waals surface area contributed by atoms with Gasteiger partial charge in [-0.15, -0.1) is 0 Å². The minimum Gasteiger partial charge on any atom is -0.495 e. The SMILES string of the molecule is COc1c(Br)cc(Br)cc1/C=N/Nc1nc(NCc2ccccc2)nc(N(C)C)n1. The van der Waals surface area contributed by atoms with E-state index in [1.54, 1.807) is 18.2 Å². The summed E-state index contributed by atoms with van der Waals surface area (Å²) in [6.07, 6.45) is 1.64. The lowest BCUT2D eigenvalue weighted by atomic mass is 10.2.